The van der Waals surface area contributed by atoms with Crippen LogP contribution in [-0.4, -0.2) is 19.3 Å². The molecule has 0 spiro atoms. The molecule has 2 atom stereocenters. The Kier molecular flexibility index (Phi) is 3.08. The molecule has 2 rings (SSSR count). The minimum atomic E-state index is 0.246. The zero-order valence-corrected chi connectivity index (χ0v) is 9.28. The Morgan fingerprint density at radius 1 is 1.40 bits per heavy atom. The lowest BCUT2D eigenvalue weighted by molar-refractivity contribution is 0.104. The number of ether oxygens (including phenoxy) is 1. The Bertz CT molecular complexity index is 312. The molecule has 0 unspecified atom stereocenters. The molecule has 0 saturated heterocycles. The first-order chi connectivity index (χ1) is 7.27. The van der Waals surface area contributed by atoms with Crippen molar-refractivity contribution in [3.8, 4) is 0 Å². The van der Waals surface area contributed by atoms with Crippen molar-refractivity contribution >= 4 is 0 Å². The van der Waals surface area contributed by atoms with Gasteiger partial charge in [-0.15, -0.1) is 0 Å². The third kappa shape index (κ3) is 2.21. The fourth-order valence-corrected chi connectivity index (χ4v) is 2.00. The zero-order chi connectivity index (χ0) is 10.7. The van der Waals surface area contributed by atoms with Gasteiger partial charge in [-0.2, -0.15) is 0 Å². The first kappa shape index (κ1) is 10.7. The van der Waals surface area contributed by atoms with E-state index in [4.69, 9.17) is 10.5 Å². The second kappa shape index (κ2) is 4.33. The second-order valence-electron chi connectivity index (χ2n) is 4.49. The van der Waals surface area contributed by atoms with E-state index in [9.17, 15) is 0 Å². The monoisotopic (exact) mass is 205 g/mol. The molecule has 0 aliphatic heterocycles. The Hall–Kier alpha value is -0.860. The van der Waals surface area contributed by atoms with Crippen molar-refractivity contribution in [1.29, 1.82) is 0 Å². The van der Waals surface area contributed by atoms with Gasteiger partial charge in [-0.3, -0.25) is 0 Å². The van der Waals surface area contributed by atoms with E-state index >= 15 is 0 Å². The average Bonchev–Trinajstić information content (AvgIpc) is 2.93. The fraction of sp³-hybridized carbons (Fsp3) is 0.538. The summed E-state index contributed by atoms with van der Waals surface area (Å²) in [6, 6.07) is 10.6. The molecule has 1 aromatic carbocycles. The molecule has 15 heavy (non-hydrogen) atoms. The van der Waals surface area contributed by atoms with Gasteiger partial charge >= 0.3 is 0 Å². The smallest absolute Gasteiger partial charge is 0.0679 e. The predicted octanol–water partition coefficient (Wildman–Crippen LogP) is 2.08. The maximum Gasteiger partial charge on any atom is 0.0679 e. The van der Waals surface area contributed by atoms with Crippen LogP contribution >= 0.6 is 0 Å². The molecule has 1 saturated carbocycles. The molecule has 1 aliphatic carbocycles. The van der Waals surface area contributed by atoms with Gasteiger partial charge in [0.25, 0.3) is 0 Å². The van der Waals surface area contributed by atoms with Crippen molar-refractivity contribution in [2.24, 2.45) is 5.73 Å². The molecule has 0 bridgehead atoms. The Balaban J connectivity index is 1.90. The molecule has 1 aromatic rings. The minimum Gasteiger partial charge on any atom is -0.377 e. The molecule has 1 fully saturated rings. The van der Waals surface area contributed by atoms with Gasteiger partial charge in [0.1, 0.15) is 0 Å². The highest BCUT2D eigenvalue weighted by molar-refractivity contribution is 5.33. The van der Waals surface area contributed by atoms with Crippen molar-refractivity contribution in [1.82, 2.24) is 0 Å². The third-order valence-electron chi connectivity index (χ3n) is 3.26. The molecular formula is C13H19NO. The summed E-state index contributed by atoms with van der Waals surface area (Å²) in [6.07, 6.45) is 2.50. The van der Waals surface area contributed by atoms with Crippen LogP contribution in [0.1, 0.15) is 25.3 Å². The van der Waals surface area contributed by atoms with Crippen molar-refractivity contribution < 1.29 is 4.74 Å². The topological polar surface area (TPSA) is 35.2 Å². The van der Waals surface area contributed by atoms with Gasteiger partial charge in [0.15, 0.2) is 0 Å². The molecule has 0 radical (unpaired) electrons. The summed E-state index contributed by atoms with van der Waals surface area (Å²) in [5.74, 6) is 0. The molecule has 1 aliphatic rings. The van der Waals surface area contributed by atoms with Crippen LogP contribution in [0.15, 0.2) is 30.3 Å². The van der Waals surface area contributed by atoms with Gasteiger partial charge in [0.2, 0.25) is 0 Å². The summed E-state index contributed by atoms with van der Waals surface area (Å²) in [5, 5.41) is 0. The minimum absolute atomic E-state index is 0.246. The van der Waals surface area contributed by atoms with Gasteiger partial charge in [0.05, 0.1) is 6.10 Å². The first-order valence-corrected chi connectivity index (χ1v) is 5.64. The Morgan fingerprint density at radius 2 is 2.13 bits per heavy atom. The standard InChI is InChI=1S/C13H19NO/c1-13(11-6-3-2-4-7-11)10-12(13)15-9-5-8-14/h2-4,6-7,12H,5,8-10,14H2,1H3/t12-,13+/m0/s1. The predicted molar refractivity (Wildman–Crippen MR) is 61.8 cm³/mol. The quantitative estimate of drug-likeness (QED) is 0.747. The molecule has 0 heterocycles. The summed E-state index contributed by atoms with van der Waals surface area (Å²) in [4.78, 5) is 0. The van der Waals surface area contributed by atoms with E-state index in [-0.39, 0.29) is 5.41 Å². The lowest BCUT2D eigenvalue weighted by Gasteiger charge is -2.11. The van der Waals surface area contributed by atoms with Gasteiger partial charge in [-0.05, 0) is 24.9 Å². The van der Waals surface area contributed by atoms with Gasteiger partial charge in [-0.25, -0.2) is 0 Å². The van der Waals surface area contributed by atoms with Crippen LogP contribution in [0.5, 0.6) is 0 Å². The molecule has 82 valence electrons. The van der Waals surface area contributed by atoms with E-state index in [2.05, 4.69) is 37.3 Å². The van der Waals surface area contributed by atoms with Gasteiger partial charge < -0.3 is 10.5 Å². The van der Waals surface area contributed by atoms with Crippen LogP contribution < -0.4 is 5.73 Å². The van der Waals surface area contributed by atoms with Crippen LogP contribution in [0, 0.1) is 0 Å². The van der Waals surface area contributed by atoms with E-state index in [0.29, 0.717) is 6.10 Å². The average molecular weight is 205 g/mol. The molecule has 2 N–H and O–H groups in total. The molecule has 0 aromatic heterocycles. The van der Waals surface area contributed by atoms with E-state index in [0.717, 1.165) is 26.0 Å². The highest BCUT2D eigenvalue weighted by Crippen LogP contribution is 2.49. The number of nitrogens with two attached hydrogens (primary N) is 1. The molecule has 2 heteroatoms. The number of benzene rings is 1. The van der Waals surface area contributed by atoms with Crippen molar-refractivity contribution in [2.75, 3.05) is 13.2 Å². The van der Waals surface area contributed by atoms with Crippen LogP contribution in [0.25, 0.3) is 0 Å². The summed E-state index contributed by atoms with van der Waals surface area (Å²) in [6.45, 7) is 3.79. The maximum atomic E-state index is 5.78. The lowest BCUT2D eigenvalue weighted by atomic mass is 9.98. The molecule has 0 amide bonds. The Labute approximate surface area is 91.4 Å². The molecule has 2 nitrogen and oxygen atoms in total. The van der Waals surface area contributed by atoms with Crippen molar-refractivity contribution in [3.05, 3.63) is 35.9 Å². The number of rotatable bonds is 5. The SMILES string of the molecule is C[C@]1(c2ccccc2)C[C@@H]1OCCCN. The summed E-state index contributed by atoms with van der Waals surface area (Å²) in [5.41, 5.74) is 7.07. The lowest BCUT2D eigenvalue weighted by Crippen LogP contribution is -2.12. The largest absolute Gasteiger partial charge is 0.377 e. The molecular weight excluding hydrogens is 186 g/mol. The Morgan fingerprint density at radius 3 is 2.80 bits per heavy atom. The highest BCUT2D eigenvalue weighted by atomic mass is 16.5. The maximum absolute atomic E-state index is 5.78. The third-order valence-corrected chi connectivity index (χ3v) is 3.26. The van der Waals surface area contributed by atoms with Crippen LogP contribution in [-0.2, 0) is 10.2 Å². The van der Waals surface area contributed by atoms with Crippen molar-refractivity contribution in [2.45, 2.75) is 31.3 Å². The highest BCUT2D eigenvalue weighted by Gasteiger charge is 2.52. The normalized spacial score (nSPS) is 29.1. The zero-order valence-electron chi connectivity index (χ0n) is 9.28. The number of hydrogen-bond donors (Lipinski definition) is 1. The summed E-state index contributed by atoms with van der Waals surface area (Å²) < 4.78 is 5.78. The first-order valence-electron chi connectivity index (χ1n) is 5.64. The summed E-state index contributed by atoms with van der Waals surface area (Å²) >= 11 is 0. The number of hydrogen-bond acceptors (Lipinski definition) is 2. The van der Waals surface area contributed by atoms with E-state index in [1.165, 1.54) is 5.56 Å². The van der Waals surface area contributed by atoms with Crippen LogP contribution in [0.4, 0.5) is 0 Å². The van der Waals surface area contributed by atoms with Crippen LogP contribution in [0.2, 0.25) is 0 Å². The second-order valence-corrected chi connectivity index (χ2v) is 4.49. The van der Waals surface area contributed by atoms with Crippen LogP contribution in [0.3, 0.4) is 0 Å². The van der Waals surface area contributed by atoms with E-state index < -0.39 is 0 Å². The van der Waals surface area contributed by atoms with Crippen molar-refractivity contribution in [3.63, 3.8) is 0 Å². The van der Waals surface area contributed by atoms with Gasteiger partial charge in [-0.1, -0.05) is 37.3 Å². The van der Waals surface area contributed by atoms with E-state index in [1.807, 2.05) is 0 Å². The fourth-order valence-electron chi connectivity index (χ4n) is 2.00. The summed E-state index contributed by atoms with van der Waals surface area (Å²) in [7, 11) is 0. The van der Waals surface area contributed by atoms with E-state index in [1.54, 1.807) is 0 Å². The van der Waals surface area contributed by atoms with Gasteiger partial charge in [0, 0.05) is 12.0 Å².